The van der Waals surface area contributed by atoms with Crippen LogP contribution in [0.2, 0.25) is 0 Å². The summed E-state index contributed by atoms with van der Waals surface area (Å²) >= 11 is 0. The van der Waals surface area contributed by atoms with E-state index in [9.17, 15) is 4.79 Å². The van der Waals surface area contributed by atoms with E-state index in [2.05, 4.69) is 0 Å². The van der Waals surface area contributed by atoms with Crippen molar-refractivity contribution in [1.29, 1.82) is 0 Å². The standard InChI is InChI=1S/C21H16O/c22-21(13-7-4-10-17-8-2-1-3-9-17)20-15-14-18-11-5-6-12-19(18)16-20/h1-16H. The number of fused-ring (bicyclic) bond motifs is 1. The Morgan fingerprint density at radius 1 is 0.727 bits per heavy atom. The Morgan fingerprint density at radius 3 is 2.27 bits per heavy atom. The van der Waals surface area contributed by atoms with E-state index in [1.165, 1.54) is 0 Å². The van der Waals surface area contributed by atoms with Crippen LogP contribution >= 0.6 is 0 Å². The molecule has 0 unspecified atom stereocenters. The summed E-state index contributed by atoms with van der Waals surface area (Å²) in [6, 6.07) is 23.8. The van der Waals surface area contributed by atoms with Crippen LogP contribution in [0.15, 0.2) is 91.0 Å². The highest BCUT2D eigenvalue weighted by Crippen LogP contribution is 2.16. The van der Waals surface area contributed by atoms with Crippen LogP contribution in [0.25, 0.3) is 16.8 Å². The molecule has 0 heterocycles. The molecule has 3 aromatic carbocycles. The van der Waals surface area contributed by atoms with E-state index in [1.807, 2.05) is 84.9 Å². The van der Waals surface area contributed by atoms with Gasteiger partial charge in [-0.25, -0.2) is 0 Å². The molecule has 0 atom stereocenters. The maximum atomic E-state index is 12.2. The maximum Gasteiger partial charge on any atom is 0.185 e. The smallest absolute Gasteiger partial charge is 0.185 e. The molecule has 0 aliphatic rings. The van der Waals surface area contributed by atoms with Gasteiger partial charge in [0, 0.05) is 5.56 Å². The van der Waals surface area contributed by atoms with Crippen LogP contribution < -0.4 is 0 Å². The van der Waals surface area contributed by atoms with Crippen molar-refractivity contribution in [2.24, 2.45) is 0 Å². The first-order valence-corrected chi connectivity index (χ1v) is 7.26. The van der Waals surface area contributed by atoms with Crippen molar-refractivity contribution in [3.8, 4) is 0 Å². The number of ketones is 1. The van der Waals surface area contributed by atoms with Gasteiger partial charge in [0.2, 0.25) is 0 Å². The minimum absolute atomic E-state index is 0.0171. The third-order valence-electron chi connectivity index (χ3n) is 3.48. The van der Waals surface area contributed by atoms with Gasteiger partial charge in [0.05, 0.1) is 0 Å². The van der Waals surface area contributed by atoms with Crippen LogP contribution in [0.1, 0.15) is 15.9 Å². The first-order valence-electron chi connectivity index (χ1n) is 7.26. The second-order valence-corrected chi connectivity index (χ2v) is 5.06. The molecule has 0 amide bonds. The van der Waals surface area contributed by atoms with Crippen molar-refractivity contribution in [1.82, 2.24) is 0 Å². The molecule has 0 aliphatic heterocycles. The van der Waals surface area contributed by atoms with Crippen LogP contribution in [0.4, 0.5) is 0 Å². The lowest BCUT2D eigenvalue weighted by atomic mass is 10.0. The highest BCUT2D eigenvalue weighted by molar-refractivity contribution is 6.06. The molecule has 1 nitrogen and oxygen atoms in total. The Labute approximate surface area is 130 Å². The van der Waals surface area contributed by atoms with E-state index in [-0.39, 0.29) is 5.78 Å². The van der Waals surface area contributed by atoms with Gasteiger partial charge in [-0.3, -0.25) is 4.79 Å². The van der Waals surface area contributed by atoms with Gasteiger partial charge in [0.15, 0.2) is 5.78 Å². The Kier molecular flexibility index (Phi) is 4.26. The summed E-state index contributed by atoms with van der Waals surface area (Å²) in [6.07, 6.45) is 7.24. The fourth-order valence-electron chi connectivity index (χ4n) is 2.31. The Bertz CT molecular complexity index is 842. The molecule has 3 aromatic rings. The van der Waals surface area contributed by atoms with E-state index < -0.39 is 0 Å². The number of benzene rings is 3. The molecule has 0 saturated heterocycles. The lowest BCUT2D eigenvalue weighted by Gasteiger charge is -2.00. The van der Waals surface area contributed by atoms with Crippen LogP contribution in [0.3, 0.4) is 0 Å². The summed E-state index contributed by atoms with van der Waals surface area (Å²) < 4.78 is 0. The zero-order chi connectivity index (χ0) is 15.2. The van der Waals surface area contributed by atoms with E-state index in [0.29, 0.717) is 5.56 Å². The van der Waals surface area contributed by atoms with Crippen molar-refractivity contribution in [3.05, 3.63) is 102 Å². The van der Waals surface area contributed by atoms with Gasteiger partial charge in [0.25, 0.3) is 0 Å². The van der Waals surface area contributed by atoms with Gasteiger partial charge in [-0.1, -0.05) is 85.0 Å². The molecule has 1 heteroatoms. The van der Waals surface area contributed by atoms with E-state index in [1.54, 1.807) is 12.2 Å². The van der Waals surface area contributed by atoms with Crippen molar-refractivity contribution >= 4 is 22.6 Å². The van der Waals surface area contributed by atoms with Crippen molar-refractivity contribution in [2.75, 3.05) is 0 Å². The summed E-state index contributed by atoms with van der Waals surface area (Å²) in [5.74, 6) is 0.0171. The number of hydrogen-bond donors (Lipinski definition) is 0. The van der Waals surface area contributed by atoms with Crippen molar-refractivity contribution < 1.29 is 4.79 Å². The first-order chi connectivity index (χ1) is 10.8. The zero-order valence-corrected chi connectivity index (χ0v) is 12.1. The van der Waals surface area contributed by atoms with Gasteiger partial charge < -0.3 is 0 Å². The number of rotatable bonds is 4. The average molecular weight is 284 g/mol. The van der Waals surface area contributed by atoms with E-state index >= 15 is 0 Å². The Hall–Kier alpha value is -2.93. The molecule has 3 rings (SSSR count). The van der Waals surface area contributed by atoms with Crippen molar-refractivity contribution in [2.45, 2.75) is 0 Å². The van der Waals surface area contributed by atoms with Crippen LogP contribution in [0.5, 0.6) is 0 Å². The van der Waals surface area contributed by atoms with Gasteiger partial charge in [-0.2, -0.15) is 0 Å². The topological polar surface area (TPSA) is 17.1 Å². The number of hydrogen-bond acceptors (Lipinski definition) is 1. The molecular formula is C21H16O. The lowest BCUT2D eigenvalue weighted by Crippen LogP contribution is -1.93. The highest BCUT2D eigenvalue weighted by atomic mass is 16.1. The third-order valence-corrected chi connectivity index (χ3v) is 3.48. The number of carbonyl (C=O) groups is 1. The van der Waals surface area contributed by atoms with Crippen molar-refractivity contribution in [3.63, 3.8) is 0 Å². The van der Waals surface area contributed by atoms with Gasteiger partial charge in [-0.05, 0) is 28.5 Å². The lowest BCUT2D eigenvalue weighted by molar-refractivity contribution is 0.104. The molecule has 106 valence electrons. The van der Waals surface area contributed by atoms with Crippen LogP contribution in [-0.4, -0.2) is 5.78 Å². The largest absolute Gasteiger partial charge is 0.289 e. The van der Waals surface area contributed by atoms with Gasteiger partial charge >= 0.3 is 0 Å². The fourth-order valence-corrected chi connectivity index (χ4v) is 2.31. The molecular weight excluding hydrogens is 268 g/mol. The molecule has 0 saturated carbocycles. The average Bonchev–Trinajstić information content (AvgIpc) is 2.59. The first kappa shape index (κ1) is 14.0. The summed E-state index contributed by atoms with van der Waals surface area (Å²) in [6.45, 7) is 0. The maximum absolute atomic E-state index is 12.2. The molecule has 0 N–H and O–H groups in total. The molecule has 0 spiro atoms. The Morgan fingerprint density at radius 2 is 1.45 bits per heavy atom. The summed E-state index contributed by atoms with van der Waals surface area (Å²) in [5.41, 5.74) is 1.83. The number of carbonyl (C=O) groups excluding carboxylic acids is 1. The minimum Gasteiger partial charge on any atom is -0.289 e. The predicted molar refractivity (Wildman–Crippen MR) is 92.9 cm³/mol. The Balaban J connectivity index is 1.73. The molecule has 0 aromatic heterocycles. The van der Waals surface area contributed by atoms with Gasteiger partial charge in [0.1, 0.15) is 0 Å². The normalized spacial score (nSPS) is 11.5. The second kappa shape index (κ2) is 6.68. The molecule has 22 heavy (non-hydrogen) atoms. The molecule has 0 bridgehead atoms. The van der Waals surface area contributed by atoms with Crippen LogP contribution in [-0.2, 0) is 0 Å². The highest BCUT2D eigenvalue weighted by Gasteiger charge is 2.02. The minimum atomic E-state index is 0.0171. The SMILES string of the molecule is O=C(C=CC=Cc1ccccc1)c1ccc2ccccc2c1. The summed E-state index contributed by atoms with van der Waals surface area (Å²) in [5, 5.41) is 2.23. The molecule has 0 aliphatic carbocycles. The van der Waals surface area contributed by atoms with Crippen LogP contribution in [0, 0.1) is 0 Å². The zero-order valence-electron chi connectivity index (χ0n) is 12.1. The number of allylic oxidation sites excluding steroid dienone is 3. The summed E-state index contributed by atoms with van der Waals surface area (Å²) in [7, 11) is 0. The second-order valence-electron chi connectivity index (χ2n) is 5.06. The predicted octanol–water partition coefficient (Wildman–Crippen LogP) is 5.29. The van der Waals surface area contributed by atoms with E-state index in [4.69, 9.17) is 0 Å². The molecule has 0 fully saturated rings. The van der Waals surface area contributed by atoms with E-state index in [0.717, 1.165) is 16.3 Å². The summed E-state index contributed by atoms with van der Waals surface area (Å²) in [4.78, 5) is 12.2. The monoisotopic (exact) mass is 284 g/mol. The third kappa shape index (κ3) is 3.39. The fraction of sp³-hybridized carbons (Fsp3) is 0. The molecule has 0 radical (unpaired) electrons. The van der Waals surface area contributed by atoms with Gasteiger partial charge in [-0.15, -0.1) is 0 Å². The quantitative estimate of drug-likeness (QED) is 0.361.